The van der Waals surface area contributed by atoms with Gasteiger partial charge in [-0.3, -0.25) is 0 Å². The number of benzene rings is 2. The van der Waals surface area contributed by atoms with Crippen molar-refractivity contribution in [1.82, 2.24) is 5.32 Å². The van der Waals surface area contributed by atoms with Gasteiger partial charge < -0.3 is 14.8 Å². The Labute approximate surface area is 191 Å². The fourth-order valence-corrected chi connectivity index (χ4v) is 3.38. The van der Waals surface area contributed by atoms with Crippen LogP contribution >= 0.6 is 11.6 Å². The number of rotatable bonds is 8. The van der Waals surface area contributed by atoms with Crippen molar-refractivity contribution in [3.63, 3.8) is 0 Å². The van der Waals surface area contributed by atoms with Crippen LogP contribution in [-0.4, -0.2) is 25.2 Å². The number of hydrogen-bond donors (Lipinski definition) is 1. The highest BCUT2D eigenvalue weighted by atomic mass is 35.5. The summed E-state index contributed by atoms with van der Waals surface area (Å²) in [5.41, 5.74) is 2.10. The fourth-order valence-electron chi connectivity index (χ4n) is 3.18. The van der Waals surface area contributed by atoms with Gasteiger partial charge in [-0.25, -0.2) is 9.59 Å². The van der Waals surface area contributed by atoms with E-state index in [2.05, 4.69) is 5.32 Å². The van der Waals surface area contributed by atoms with Crippen molar-refractivity contribution in [2.75, 3.05) is 13.2 Å². The summed E-state index contributed by atoms with van der Waals surface area (Å²) in [6, 6.07) is 18.5. The van der Waals surface area contributed by atoms with E-state index in [1.807, 2.05) is 42.5 Å². The summed E-state index contributed by atoms with van der Waals surface area (Å²) in [6.45, 7) is 0.0295. The highest BCUT2D eigenvalue weighted by Crippen LogP contribution is 2.36. The molecule has 32 heavy (non-hydrogen) atoms. The summed E-state index contributed by atoms with van der Waals surface area (Å²) in [4.78, 5) is 25.6. The van der Waals surface area contributed by atoms with E-state index in [9.17, 15) is 9.59 Å². The number of hydrogen-bond acceptors (Lipinski definition) is 6. The van der Waals surface area contributed by atoms with E-state index in [4.69, 9.17) is 26.3 Å². The van der Waals surface area contributed by atoms with Crippen molar-refractivity contribution in [2.24, 2.45) is 0 Å². The Morgan fingerprint density at radius 1 is 1.03 bits per heavy atom. The van der Waals surface area contributed by atoms with Crippen molar-refractivity contribution in [2.45, 2.75) is 12.3 Å². The largest absolute Gasteiger partial charge is 0.461 e. The predicted molar refractivity (Wildman–Crippen MR) is 121 cm³/mol. The third-order valence-corrected chi connectivity index (χ3v) is 4.86. The molecule has 0 aromatic heterocycles. The Hall–Kier alpha value is -3.82. The minimum Gasteiger partial charge on any atom is -0.461 e. The zero-order chi connectivity index (χ0) is 22.8. The second-order valence-electron chi connectivity index (χ2n) is 6.81. The molecule has 1 unspecified atom stereocenters. The number of carbonyl (C=O) groups excluding carboxylic acids is 2. The van der Waals surface area contributed by atoms with Gasteiger partial charge in [0.1, 0.15) is 13.2 Å². The smallest absolute Gasteiger partial charge is 0.336 e. The highest BCUT2D eigenvalue weighted by molar-refractivity contribution is 6.30. The third kappa shape index (κ3) is 6.10. The summed E-state index contributed by atoms with van der Waals surface area (Å²) in [5.74, 6) is -1.93. The van der Waals surface area contributed by atoms with Gasteiger partial charge in [0.05, 0.1) is 29.6 Å². The van der Waals surface area contributed by atoms with Gasteiger partial charge in [-0.15, -0.1) is 0 Å². The first kappa shape index (κ1) is 22.9. The molecular weight excluding hydrogens is 428 g/mol. The lowest BCUT2D eigenvalue weighted by Crippen LogP contribution is -2.27. The average Bonchev–Trinajstić information content (AvgIpc) is 2.82. The number of carbonyl (C=O) groups is 2. The minimum absolute atomic E-state index is 0.0390. The molecule has 1 atom stereocenters. The Bertz CT molecular complexity index is 1100. The van der Waals surface area contributed by atoms with Gasteiger partial charge in [0.15, 0.2) is 0 Å². The summed E-state index contributed by atoms with van der Waals surface area (Å²) >= 11 is 6.15. The topological polar surface area (TPSA) is 88.4 Å². The molecule has 3 rings (SSSR count). The van der Waals surface area contributed by atoms with Crippen molar-refractivity contribution >= 4 is 29.6 Å². The second-order valence-corrected chi connectivity index (χ2v) is 7.25. The summed E-state index contributed by atoms with van der Waals surface area (Å²) in [5, 5.41) is 12.0. The Balaban J connectivity index is 1.77. The standard InChI is InChI=1S/C25H21ClN2O4/c26-20-11-4-10-19(15-20)23-21(16-28-17-22(23)25(30)32-14-6-12-27)24(29)31-13-5-9-18-7-2-1-3-8-18/h1-5,7-11,15-17,23,28H,6,13-14H2/b9-5+. The van der Waals surface area contributed by atoms with Crippen molar-refractivity contribution < 1.29 is 19.1 Å². The van der Waals surface area contributed by atoms with Gasteiger partial charge in [-0.1, -0.05) is 60.1 Å². The number of ether oxygens (including phenoxy) is 2. The van der Waals surface area contributed by atoms with E-state index >= 15 is 0 Å². The molecule has 0 radical (unpaired) electrons. The molecule has 0 saturated heterocycles. The van der Waals surface area contributed by atoms with Crippen LogP contribution in [0.15, 0.2) is 84.2 Å². The van der Waals surface area contributed by atoms with Crippen LogP contribution in [0.5, 0.6) is 0 Å². The average molecular weight is 449 g/mol. The van der Waals surface area contributed by atoms with Gasteiger partial charge in [0, 0.05) is 17.4 Å². The predicted octanol–water partition coefficient (Wildman–Crippen LogP) is 4.51. The lowest BCUT2D eigenvalue weighted by atomic mass is 9.84. The number of nitrogens with one attached hydrogen (secondary N) is 1. The molecule has 0 aliphatic carbocycles. The lowest BCUT2D eigenvalue weighted by molar-refractivity contribution is -0.139. The first-order valence-electron chi connectivity index (χ1n) is 9.94. The van der Waals surface area contributed by atoms with Gasteiger partial charge in [0.25, 0.3) is 0 Å². The number of esters is 2. The van der Waals surface area contributed by atoms with E-state index in [0.29, 0.717) is 10.6 Å². The van der Waals surface area contributed by atoms with E-state index < -0.39 is 17.9 Å². The molecule has 0 bridgehead atoms. The molecule has 6 nitrogen and oxygen atoms in total. The van der Waals surface area contributed by atoms with Crippen LogP contribution in [0.3, 0.4) is 0 Å². The number of nitriles is 1. The van der Waals surface area contributed by atoms with Gasteiger partial charge in [0.2, 0.25) is 0 Å². The molecule has 1 aliphatic heterocycles. The lowest BCUT2D eigenvalue weighted by Gasteiger charge is -2.25. The van der Waals surface area contributed by atoms with Crippen LogP contribution < -0.4 is 5.32 Å². The molecule has 2 aromatic carbocycles. The normalized spacial score (nSPS) is 15.2. The van der Waals surface area contributed by atoms with Crippen LogP contribution in [0, 0.1) is 11.3 Å². The monoisotopic (exact) mass is 448 g/mol. The third-order valence-electron chi connectivity index (χ3n) is 4.62. The quantitative estimate of drug-likeness (QED) is 0.472. The fraction of sp³-hybridized carbons (Fsp3) is 0.160. The number of dihydropyridines is 1. The number of nitrogens with zero attached hydrogens (tertiary/aromatic N) is 1. The van der Waals surface area contributed by atoms with Crippen LogP contribution in [0.1, 0.15) is 23.5 Å². The second kappa shape index (κ2) is 11.5. The summed E-state index contributed by atoms with van der Waals surface area (Å²) in [7, 11) is 0. The maximum Gasteiger partial charge on any atom is 0.336 e. The van der Waals surface area contributed by atoms with E-state index in [1.54, 1.807) is 30.3 Å². The molecule has 1 heterocycles. The van der Waals surface area contributed by atoms with Crippen LogP contribution in [0.2, 0.25) is 5.02 Å². The van der Waals surface area contributed by atoms with Gasteiger partial charge in [-0.2, -0.15) is 5.26 Å². The summed E-state index contributed by atoms with van der Waals surface area (Å²) in [6.07, 6.45) is 6.65. The molecule has 1 aliphatic rings. The maximum atomic E-state index is 12.9. The first-order valence-corrected chi connectivity index (χ1v) is 10.3. The van der Waals surface area contributed by atoms with Crippen molar-refractivity contribution in [3.05, 3.63) is 100 Å². The Morgan fingerprint density at radius 3 is 2.44 bits per heavy atom. The summed E-state index contributed by atoms with van der Waals surface area (Å²) < 4.78 is 10.6. The Kier molecular flexibility index (Phi) is 8.24. The van der Waals surface area contributed by atoms with E-state index in [0.717, 1.165) is 5.56 Å². The van der Waals surface area contributed by atoms with Crippen LogP contribution in [0.4, 0.5) is 0 Å². The van der Waals surface area contributed by atoms with Crippen molar-refractivity contribution in [3.8, 4) is 6.07 Å². The van der Waals surface area contributed by atoms with E-state index in [-0.39, 0.29) is 30.8 Å². The zero-order valence-electron chi connectivity index (χ0n) is 17.2. The minimum atomic E-state index is -0.727. The highest BCUT2D eigenvalue weighted by Gasteiger charge is 2.34. The maximum absolute atomic E-state index is 12.9. The van der Waals surface area contributed by atoms with Crippen molar-refractivity contribution in [1.29, 1.82) is 5.26 Å². The van der Waals surface area contributed by atoms with Crippen LogP contribution in [-0.2, 0) is 19.1 Å². The van der Waals surface area contributed by atoms with E-state index in [1.165, 1.54) is 12.4 Å². The molecule has 7 heteroatoms. The molecular formula is C25H21ClN2O4. The van der Waals surface area contributed by atoms with Gasteiger partial charge in [-0.05, 0) is 29.3 Å². The molecule has 2 aromatic rings. The Morgan fingerprint density at radius 2 is 1.75 bits per heavy atom. The van der Waals surface area contributed by atoms with Crippen LogP contribution in [0.25, 0.3) is 6.08 Å². The SMILES string of the molecule is N#CCCOC(=O)C1=CNC=C(C(=O)OC/C=C/c2ccccc2)C1c1cccc(Cl)c1. The molecule has 0 fully saturated rings. The molecule has 0 spiro atoms. The molecule has 1 N–H and O–H groups in total. The zero-order valence-corrected chi connectivity index (χ0v) is 17.9. The first-order chi connectivity index (χ1) is 15.6. The number of halogens is 1. The molecule has 162 valence electrons. The molecule has 0 amide bonds. The molecule has 0 saturated carbocycles. The van der Waals surface area contributed by atoms with Gasteiger partial charge >= 0.3 is 11.9 Å².